The summed E-state index contributed by atoms with van der Waals surface area (Å²) in [7, 11) is 3.93. The molecule has 3 heterocycles. The van der Waals surface area contributed by atoms with Crippen molar-refractivity contribution in [3.8, 4) is 11.1 Å². The molecule has 34 heavy (non-hydrogen) atoms. The van der Waals surface area contributed by atoms with Crippen molar-refractivity contribution in [2.75, 3.05) is 32.5 Å². The van der Waals surface area contributed by atoms with E-state index in [1.807, 2.05) is 19.0 Å². The van der Waals surface area contributed by atoms with E-state index < -0.39 is 34.5 Å². The summed E-state index contributed by atoms with van der Waals surface area (Å²) in [4.78, 5) is 42.2. The number of likely N-dealkylation sites (N-methyl/N-ethyl adjacent to an activating group) is 1. The summed E-state index contributed by atoms with van der Waals surface area (Å²) in [6, 6.07) is 3.38. The number of nitrogens with two attached hydrogens (primary N) is 1. The Morgan fingerprint density at radius 1 is 1.06 bits per heavy atom. The summed E-state index contributed by atoms with van der Waals surface area (Å²) in [6.07, 6.45) is 6.10. The number of halogens is 2. The number of nitrogens with one attached hydrogen (secondary N) is 2. The number of aromatic nitrogens is 4. The van der Waals surface area contributed by atoms with Crippen molar-refractivity contribution in [3.05, 3.63) is 71.3 Å². The van der Waals surface area contributed by atoms with E-state index in [9.17, 15) is 18.4 Å². The van der Waals surface area contributed by atoms with Crippen LogP contribution < -0.4 is 11.1 Å². The molecular formula is C23H21F2N7O2. The fraction of sp³-hybridized carbons (Fsp3) is 0.174. The molecule has 4 N–H and O–H groups in total. The molecule has 3 aromatic heterocycles. The second-order valence-corrected chi connectivity index (χ2v) is 7.83. The Morgan fingerprint density at radius 3 is 2.44 bits per heavy atom. The highest BCUT2D eigenvalue weighted by molar-refractivity contribution is 6.17. The van der Waals surface area contributed by atoms with Crippen LogP contribution in [0.1, 0.15) is 26.3 Å². The van der Waals surface area contributed by atoms with Crippen molar-refractivity contribution < 1.29 is 18.4 Å². The second kappa shape index (κ2) is 9.32. The van der Waals surface area contributed by atoms with Crippen molar-refractivity contribution in [2.24, 2.45) is 5.73 Å². The largest absolute Gasteiger partial charge is 0.366 e. The van der Waals surface area contributed by atoms with Gasteiger partial charge in [0.2, 0.25) is 11.7 Å². The molecule has 0 aliphatic heterocycles. The van der Waals surface area contributed by atoms with E-state index in [1.54, 1.807) is 24.7 Å². The number of fused-ring (bicyclic) bond motifs is 1. The number of carbonyl (C=O) groups excluding carboxylic acids is 2. The van der Waals surface area contributed by atoms with Gasteiger partial charge in [-0.15, -0.1) is 0 Å². The molecule has 0 spiro atoms. The number of nitrogens with zero attached hydrogens (tertiary/aromatic N) is 4. The zero-order valence-corrected chi connectivity index (χ0v) is 18.4. The van der Waals surface area contributed by atoms with Crippen LogP contribution in [0.3, 0.4) is 0 Å². The molecule has 4 rings (SSSR count). The summed E-state index contributed by atoms with van der Waals surface area (Å²) in [5.74, 6) is -3.98. The maximum atomic E-state index is 14.7. The van der Waals surface area contributed by atoms with Crippen LogP contribution >= 0.6 is 0 Å². The Balaban J connectivity index is 1.67. The summed E-state index contributed by atoms with van der Waals surface area (Å²) in [5.41, 5.74) is 5.28. The molecule has 1 amide bonds. The van der Waals surface area contributed by atoms with Crippen molar-refractivity contribution in [1.29, 1.82) is 0 Å². The SMILES string of the molecule is CN(C)CCNc1ncc(-c2cnc3[nH]cc(C(=O)c4c(F)ccc(C(N)=O)c4F)c3c2)cn1. The summed E-state index contributed by atoms with van der Waals surface area (Å²) >= 11 is 0. The minimum atomic E-state index is -1.30. The van der Waals surface area contributed by atoms with Crippen LogP contribution in [-0.2, 0) is 0 Å². The quantitative estimate of drug-likeness (QED) is 0.341. The van der Waals surface area contributed by atoms with Gasteiger partial charge in [0.05, 0.1) is 11.1 Å². The number of anilines is 1. The van der Waals surface area contributed by atoms with Gasteiger partial charge < -0.3 is 20.9 Å². The molecule has 1 aromatic carbocycles. The van der Waals surface area contributed by atoms with E-state index in [-0.39, 0.29) is 5.56 Å². The fourth-order valence-electron chi connectivity index (χ4n) is 3.39. The minimum Gasteiger partial charge on any atom is -0.366 e. The third-order valence-electron chi connectivity index (χ3n) is 5.19. The maximum absolute atomic E-state index is 14.7. The summed E-state index contributed by atoms with van der Waals surface area (Å²) in [5, 5.41) is 3.46. The Bertz CT molecular complexity index is 1380. The molecule has 0 unspecified atom stereocenters. The number of rotatable bonds is 8. The zero-order valence-electron chi connectivity index (χ0n) is 18.4. The Morgan fingerprint density at radius 2 is 1.76 bits per heavy atom. The number of H-pyrrole nitrogens is 1. The van der Waals surface area contributed by atoms with E-state index >= 15 is 0 Å². The van der Waals surface area contributed by atoms with Gasteiger partial charge in [-0.1, -0.05) is 0 Å². The Labute approximate surface area is 193 Å². The Hall–Kier alpha value is -4.25. The van der Waals surface area contributed by atoms with Gasteiger partial charge in [0.15, 0.2) is 0 Å². The molecule has 0 fully saturated rings. The van der Waals surface area contributed by atoms with Gasteiger partial charge in [0.1, 0.15) is 17.3 Å². The molecule has 174 valence electrons. The minimum absolute atomic E-state index is 0.00772. The molecule has 0 bridgehead atoms. The number of hydrogen-bond donors (Lipinski definition) is 3. The van der Waals surface area contributed by atoms with Crippen LogP contribution in [-0.4, -0.2) is 63.7 Å². The van der Waals surface area contributed by atoms with Gasteiger partial charge in [0, 0.05) is 60.0 Å². The number of amides is 1. The van der Waals surface area contributed by atoms with Gasteiger partial charge in [-0.3, -0.25) is 9.59 Å². The van der Waals surface area contributed by atoms with Crippen LogP contribution in [0.4, 0.5) is 14.7 Å². The molecule has 0 aliphatic carbocycles. The second-order valence-electron chi connectivity index (χ2n) is 7.83. The van der Waals surface area contributed by atoms with Gasteiger partial charge >= 0.3 is 0 Å². The third-order valence-corrected chi connectivity index (χ3v) is 5.19. The van der Waals surface area contributed by atoms with Gasteiger partial charge in [-0.05, 0) is 32.3 Å². The lowest BCUT2D eigenvalue weighted by molar-refractivity contribution is 0.0996. The van der Waals surface area contributed by atoms with Crippen molar-refractivity contribution in [2.45, 2.75) is 0 Å². The van der Waals surface area contributed by atoms with E-state index in [1.165, 1.54) is 6.20 Å². The van der Waals surface area contributed by atoms with E-state index in [0.29, 0.717) is 34.7 Å². The normalized spacial score (nSPS) is 11.2. The highest BCUT2D eigenvalue weighted by Gasteiger charge is 2.26. The first-order valence-electron chi connectivity index (χ1n) is 10.3. The van der Waals surface area contributed by atoms with Crippen molar-refractivity contribution >= 4 is 28.7 Å². The molecule has 0 saturated heterocycles. The van der Waals surface area contributed by atoms with Gasteiger partial charge in [-0.25, -0.2) is 23.7 Å². The molecule has 0 radical (unpaired) electrons. The highest BCUT2D eigenvalue weighted by Crippen LogP contribution is 2.28. The number of hydrogen-bond acceptors (Lipinski definition) is 7. The predicted octanol–water partition coefficient (Wildman–Crippen LogP) is 2.60. The monoisotopic (exact) mass is 465 g/mol. The molecule has 11 heteroatoms. The molecule has 4 aromatic rings. The van der Waals surface area contributed by atoms with Crippen LogP contribution in [0, 0.1) is 11.6 Å². The van der Waals surface area contributed by atoms with Crippen LogP contribution in [0.2, 0.25) is 0 Å². The lowest BCUT2D eigenvalue weighted by Crippen LogP contribution is -2.21. The van der Waals surface area contributed by atoms with Crippen molar-refractivity contribution in [1.82, 2.24) is 24.8 Å². The topological polar surface area (TPSA) is 130 Å². The third kappa shape index (κ3) is 4.46. The van der Waals surface area contributed by atoms with Gasteiger partial charge in [0.25, 0.3) is 5.91 Å². The number of pyridine rings is 1. The predicted molar refractivity (Wildman–Crippen MR) is 122 cm³/mol. The van der Waals surface area contributed by atoms with Crippen LogP contribution in [0.5, 0.6) is 0 Å². The number of ketones is 1. The maximum Gasteiger partial charge on any atom is 0.251 e. The average molecular weight is 465 g/mol. The zero-order chi connectivity index (χ0) is 24.4. The molecule has 9 nitrogen and oxygen atoms in total. The fourth-order valence-corrected chi connectivity index (χ4v) is 3.39. The molecule has 0 saturated carbocycles. The standard InChI is InChI=1S/C23H21F2N7O2/c1-32(2)6-5-27-23-30-9-13(10-31-23)12-7-15-16(11-29-22(15)28-8-12)20(33)18-17(24)4-3-14(19(18)25)21(26)34/h3-4,7-11H,5-6H2,1-2H3,(H2,26,34)(H,28,29)(H,27,30,31). The number of aromatic amines is 1. The van der Waals surface area contributed by atoms with Crippen LogP contribution in [0.25, 0.3) is 22.2 Å². The smallest absolute Gasteiger partial charge is 0.251 e. The van der Waals surface area contributed by atoms with Gasteiger partial charge in [-0.2, -0.15) is 0 Å². The average Bonchev–Trinajstić information content (AvgIpc) is 3.22. The van der Waals surface area contributed by atoms with E-state index in [4.69, 9.17) is 5.73 Å². The lowest BCUT2D eigenvalue weighted by Gasteiger charge is -2.10. The molecular weight excluding hydrogens is 444 g/mol. The first-order valence-corrected chi connectivity index (χ1v) is 10.3. The van der Waals surface area contributed by atoms with Crippen molar-refractivity contribution in [3.63, 3.8) is 0 Å². The number of primary amides is 1. The van der Waals surface area contributed by atoms with E-state index in [2.05, 4.69) is 25.3 Å². The molecule has 0 atom stereocenters. The number of carbonyl (C=O) groups is 2. The highest BCUT2D eigenvalue weighted by atomic mass is 19.1. The first kappa shape index (κ1) is 22.9. The van der Waals surface area contributed by atoms with E-state index in [0.717, 1.165) is 18.7 Å². The summed E-state index contributed by atoms with van der Waals surface area (Å²) in [6.45, 7) is 1.50. The number of benzene rings is 1. The summed E-state index contributed by atoms with van der Waals surface area (Å²) < 4.78 is 29.1. The van der Waals surface area contributed by atoms with Crippen LogP contribution in [0.15, 0.2) is 43.0 Å². The Kier molecular flexibility index (Phi) is 6.28. The first-order chi connectivity index (χ1) is 16.3. The molecule has 0 aliphatic rings. The lowest BCUT2D eigenvalue weighted by atomic mass is 9.98.